The third-order valence-electron chi connectivity index (χ3n) is 4.13. The predicted octanol–water partition coefficient (Wildman–Crippen LogP) is 4.55. The fraction of sp³-hybridized carbons (Fsp3) is 0.316. The Hall–Kier alpha value is -1.89. The van der Waals surface area contributed by atoms with Crippen LogP contribution in [0.3, 0.4) is 0 Å². The minimum absolute atomic E-state index is 0.194. The minimum Gasteiger partial charge on any atom is -0.289 e. The fourth-order valence-electron chi connectivity index (χ4n) is 2.97. The van der Waals surface area contributed by atoms with Crippen LogP contribution in [-0.4, -0.2) is 5.78 Å². The highest BCUT2D eigenvalue weighted by Crippen LogP contribution is 2.28. The van der Waals surface area contributed by atoms with Gasteiger partial charge >= 0.3 is 0 Å². The van der Waals surface area contributed by atoms with Crippen LogP contribution in [-0.2, 0) is 12.8 Å². The summed E-state index contributed by atoms with van der Waals surface area (Å²) in [6.45, 7) is 2.22. The molecule has 0 heterocycles. The number of carbonyl (C=O) groups excluding carboxylic acids is 1. The van der Waals surface area contributed by atoms with Gasteiger partial charge in [0.05, 0.1) is 0 Å². The molecule has 0 amide bonds. The maximum Gasteiger partial charge on any atom is 0.193 e. The molecule has 0 atom stereocenters. The molecule has 20 heavy (non-hydrogen) atoms. The van der Waals surface area contributed by atoms with Gasteiger partial charge in [-0.15, -0.1) is 0 Å². The van der Waals surface area contributed by atoms with Gasteiger partial charge in [0.15, 0.2) is 5.78 Å². The first-order valence-electron chi connectivity index (χ1n) is 7.54. The lowest BCUT2D eigenvalue weighted by Crippen LogP contribution is -2.15. The SMILES string of the molecule is CCCCCc1ccc2c(c1)C(=O)c1ccccc1C2. The summed E-state index contributed by atoms with van der Waals surface area (Å²) >= 11 is 0. The third-order valence-corrected chi connectivity index (χ3v) is 4.13. The molecule has 0 unspecified atom stereocenters. The van der Waals surface area contributed by atoms with Gasteiger partial charge in [-0.3, -0.25) is 4.79 Å². The first-order chi connectivity index (χ1) is 9.79. The second-order valence-electron chi connectivity index (χ2n) is 5.61. The lowest BCUT2D eigenvalue weighted by atomic mass is 9.84. The second-order valence-corrected chi connectivity index (χ2v) is 5.61. The molecule has 102 valence electrons. The number of fused-ring (bicyclic) bond motifs is 2. The number of benzene rings is 2. The minimum atomic E-state index is 0.194. The Balaban J connectivity index is 1.90. The molecule has 1 heteroatoms. The van der Waals surface area contributed by atoms with Crippen molar-refractivity contribution in [3.8, 4) is 0 Å². The van der Waals surface area contributed by atoms with Crippen molar-refractivity contribution >= 4 is 5.78 Å². The van der Waals surface area contributed by atoms with Crippen LogP contribution in [0.25, 0.3) is 0 Å². The molecular weight excluding hydrogens is 244 g/mol. The van der Waals surface area contributed by atoms with E-state index in [2.05, 4.69) is 31.2 Å². The van der Waals surface area contributed by atoms with Crippen LogP contribution < -0.4 is 0 Å². The zero-order chi connectivity index (χ0) is 13.9. The van der Waals surface area contributed by atoms with Crippen molar-refractivity contribution in [2.75, 3.05) is 0 Å². The highest BCUT2D eigenvalue weighted by atomic mass is 16.1. The number of hydrogen-bond acceptors (Lipinski definition) is 1. The van der Waals surface area contributed by atoms with Gasteiger partial charge < -0.3 is 0 Å². The molecule has 0 saturated carbocycles. The van der Waals surface area contributed by atoms with Crippen molar-refractivity contribution < 1.29 is 4.79 Å². The maximum absolute atomic E-state index is 12.6. The van der Waals surface area contributed by atoms with Gasteiger partial charge in [-0.05, 0) is 42.0 Å². The molecule has 2 aromatic carbocycles. The molecular formula is C19H20O. The number of ketones is 1. The van der Waals surface area contributed by atoms with Crippen LogP contribution in [0.2, 0.25) is 0 Å². The molecule has 0 bridgehead atoms. The quantitative estimate of drug-likeness (QED) is 0.632. The van der Waals surface area contributed by atoms with Crippen LogP contribution in [0, 0.1) is 0 Å². The van der Waals surface area contributed by atoms with E-state index in [1.54, 1.807) is 0 Å². The summed E-state index contributed by atoms with van der Waals surface area (Å²) in [7, 11) is 0. The van der Waals surface area contributed by atoms with Crippen LogP contribution in [0.1, 0.15) is 58.8 Å². The fourth-order valence-corrected chi connectivity index (χ4v) is 2.97. The summed E-state index contributed by atoms with van der Waals surface area (Å²) in [5, 5.41) is 0. The van der Waals surface area contributed by atoms with Gasteiger partial charge in [0.2, 0.25) is 0 Å². The molecule has 0 aromatic heterocycles. The van der Waals surface area contributed by atoms with Crippen LogP contribution in [0.4, 0.5) is 0 Å². The molecule has 0 saturated heterocycles. The third kappa shape index (κ3) is 2.40. The van der Waals surface area contributed by atoms with Crippen LogP contribution in [0.5, 0.6) is 0 Å². The smallest absolute Gasteiger partial charge is 0.193 e. The van der Waals surface area contributed by atoms with E-state index in [1.807, 2.05) is 18.2 Å². The summed E-state index contributed by atoms with van der Waals surface area (Å²) in [6.07, 6.45) is 5.66. The van der Waals surface area contributed by atoms with Crippen molar-refractivity contribution in [1.29, 1.82) is 0 Å². The Labute approximate surface area is 120 Å². The van der Waals surface area contributed by atoms with Gasteiger partial charge in [-0.2, -0.15) is 0 Å². The lowest BCUT2D eigenvalue weighted by molar-refractivity contribution is 0.103. The normalized spacial score (nSPS) is 12.9. The summed E-state index contributed by atoms with van der Waals surface area (Å²) in [5.74, 6) is 0.194. The van der Waals surface area contributed by atoms with Gasteiger partial charge in [0, 0.05) is 11.1 Å². The summed E-state index contributed by atoms with van der Waals surface area (Å²) in [6, 6.07) is 14.4. The van der Waals surface area contributed by atoms with Crippen molar-refractivity contribution in [3.63, 3.8) is 0 Å². The van der Waals surface area contributed by atoms with E-state index in [1.165, 1.54) is 30.4 Å². The molecule has 0 spiro atoms. The Morgan fingerprint density at radius 2 is 1.75 bits per heavy atom. The number of aryl methyl sites for hydroxylation is 1. The molecule has 1 aliphatic rings. The average molecular weight is 264 g/mol. The Bertz CT molecular complexity index is 640. The van der Waals surface area contributed by atoms with E-state index in [0.717, 1.165) is 29.5 Å². The largest absolute Gasteiger partial charge is 0.289 e. The Morgan fingerprint density at radius 1 is 0.950 bits per heavy atom. The number of rotatable bonds is 4. The second kappa shape index (κ2) is 5.62. The summed E-state index contributed by atoms with van der Waals surface area (Å²) in [4.78, 5) is 12.6. The van der Waals surface area contributed by atoms with Crippen molar-refractivity contribution in [1.82, 2.24) is 0 Å². The van der Waals surface area contributed by atoms with E-state index in [0.29, 0.717) is 0 Å². The highest BCUT2D eigenvalue weighted by Gasteiger charge is 2.22. The monoisotopic (exact) mass is 264 g/mol. The van der Waals surface area contributed by atoms with Crippen molar-refractivity contribution in [2.24, 2.45) is 0 Å². The molecule has 0 aliphatic heterocycles. The predicted molar refractivity (Wildman–Crippen MR) is 82.4 cm³/mol. The Morgan fingerprint density at radius 3 is 2.60 bits per heavy atom. The number of unbranched alkanes of at least 4 members (excludes halogenated alkanes) is 2. The molecule has 0 N–H and O–H groups in total. The van der Waals surface area contributed by atoms with E-state index in [4.69, 9.17) is 0 Å². The lowest BCUT2D eigenvalue weighted by Gasteiger charge is -2.19. The van der Waals surface area contributed by atoms with E-state index in [-0.39, 0.29) is 5.78 Å². The zero-order valence-electron chi connectivity index (χ0n) is 12.0. The van der Waals surface area contributed by atoms with E-state index >= 15 is 0 Å². The summed E-state index contributed by atoms with van der Waals surface area (Å²) < 4.78 is 0. The summed E-state index contributed by atoms with van der Waals surface area (Å²) in [5.41, 5.74) is 5.42. The maximum atomic E-state index is 12.6. The van der Waals surface area contributed by atoms with Crippen molar-refractivity contribution in [3.05, 3.63) is 70.3 Å². The van der Waals surface area contributed by atoms with Crippen LogP contribution in [0.15, 0.2) is 42.5 Å². The van der Waals surface area contributed by atoms with Gasteiger partial charge in [0.1, 0.15) is 0 Å². The highest BCUT2D eigenvalue weighted by molar-refractivity contribution is 6.12. The van der Waals surface area contributed by atoms with Crippen LogP contribution >= 0.6 is 0 Å². The number of hydrogen-bond donors (Lipinski definition) is 0. The van der Waals surface area contributed by atoms with Gasteiger partial charge in [-0.1, -0.05) is 56.2 Å². The van der Waals surface area contributed by atoms with Crippen molar-refractivity contribution in [2.45, 2.75) is 39.0 Å². The Kier molecular flexibility index (Phi) is 3.68. The standard InChI is InChI=1S/C19H20O/c1-2-3-4-7-14-10-11-16-13-15-8-5-6-9-17(15)19(20)18(16)12-14/h5-6,8-12H,2-4,7,13H2,1H3. The topological polar surface area (TPSA) is 17.1 Å². The van der Waals surface area contributed by atoms with E-state index < -0.39 is 0 Å². The molecule has 0 radical (unpaired) electrons. The molecule has 2 aromatic rings. The van der Waals surface area contributed by atoms with Gasteiger partial charge in [-0.25, -0.2) is 0 Å². The molecule has 1 aliphatic carbocycles. The van der Waals surface area contributed by atoms with Gasteiger partial charge in [0.25, 0.3) is 0 Å². The average Bonchev–Trinajstić information content (AvgIpc) is 2.48. The molecule has 1 nitrogen and oxygen atoms in total. The number of carbonyl (C=O) groups is 1. The first kappa shape index (κ1) is 13.1. The van der Waals surface area contributed by atoms with E-state index in [9.17, 15) is 4.79 Å². The molecule has 3 rings (SSSR count). The zero-order valence-corrected chi connectivity index (χ0v) is 12.0. The molecule has 0 fully saturated rings. The first-order valence-corrected chi connectivity index (χ1v) is 7.54.